The molecule has 0 spiro atoms. The Hall–Kier alpha value is -2.51. The Balaban J connectivity index is 1.64. The number of benzene rings is 2. The van der Waals surface area contributed by atoms with Gasteiger partial charge in [0.25, 0.3) is 0 Å². The number of rotatable bonds is 4. The fourth-order valence-corrected chi connectivity index (χ4v) is 2.70. The number of hydrogen-bond donors (Lipinski definition) is 1. The zero-order valence-corrected chi connectivity index (χ0v) is 12.5. The molecule has 4 heteroatoms. The summed E-state index contributed by atoms with van der Waals surface area (Å²) < 4.78 is 11.2. The van der Waals surface area contributed by atoms with E-state index in [9.17, 15) is 0 Å². The number of para-hydroxylation sites is 1. The van der Waals surface area contributed by atoms with E-state index >= 15 is 0 Å². The molecule has 4 nitrogen and oxygen atoms in total. The standard InChI is InChI=1S/C18H18N2O2/c1-21-17-7-3-6-15-9-16(12-22-18(15)17)20-11-14-5-2-4-13(8-14)10-19/h2-8,16,20H,9,11-12H2,1H3/t16-/m0/s1. The second-order valence-corrected chi connectivity index (χ2v) is 5.35. The molecule has 112 valence electrons. The van der Waals surface area contributed by atoms with E-state index < -0.39 is 0 Å². The molecule has 0 aromatic heterocycles. The summed E-state index contributed by atoms with van der Waals surface area (Å²) in [5, 5.41) is 12.4. The minimum absolute atomic E-state index is 0.255. The summed E-state index contributed by atoms with van der Waals surface area (Å²) in [6.07, 6.45) is 0.907. The molecule has 1 atom stereocenters. The molecule has 1 aliphatic rings. The molecule has 1 aliphatic heterocycles. The van der Waals surface area contributed by atoms with Gasteiger partial charge in [0.2, 0.25) is 0 Å². The first-order valence-corrected chi connectivity index (χ1v) is 7.31. The molecule has 0 amide bonds. The maximum atomic E-state index is 8.94. The fraction of sp³-hybridized carbons (Fsp3) is 0.278. The second kappa shape index (κ2) is 6.50. The topological polar surface area (TPSA) is 54.3 Å². The molecule has 1 N–H and O–H groups in total. The molecule has 0 bridgehead atoms. The molecule has 0 saturated heterocycles. The van der Waals surface area contributed by atoms with Gasteiger partial charge in [0.05, 0.1) is 18.7 Å². The third kappa shape index (κ3) is 3.05. The van der Waals surface area contributed by atoms with Crippen molar-refractivity contribution in [2.75, 3.05) is 13.7 Å². The number of nitrogens with zero attached hydrogens (tertiary/aromatic N) is 1. The van der Waals surface area contributed by atoms with Crippen molar-refractivity contribution < 1.29 is 9.47 Å². The average Bonchev–Trinajstić information content (AvgIpc) is 2.59. The van der Waals surface area contributed by atoms with Gasteiger partial charge in [-0.3, -0.25) is 0 Å². The summed E-state index contributed by atoms with van der Waals surface area (Å²) in [6, 6.07) is 16.1. The normalized spacial score (nSPS) is 16.3. The summed E-state index contributed by atoms with van der Waals surface area (Å²) >= 11 is 0. The van der Waals surface area contributed by atoms with Gasteiger partial charge in [-0.2, -0.15) is 5.26 Å². The number of ether oxygens (including phenoxy) is 2. The van der Waals surface area contributed by atoms with Crippen LogP contribution in [0.4, 0.5) is 0 Å². The van der Waals surface area contributed by atoms with E-state index in [1.807, 2.05) is 36.4 Å². The predicted octanol–water partition coefficient (Wildman–Crippen LogP) is 2.66. The Morgan fingerprint density at radius 2 is 2.18 bits per heavy atom. The predicted molar refractivity (Wildman–Crippen MR) is 84.0 cm³/mol. The van der Waals surface area contributed by atoms with E-state index in [0.29, 0.717) is 12.2 Å². The SMILES string of the molecule is COc1cccc2c1OC[C@@H](NCc1cccc(C#N)c1)C2. The highest BCUT2D eigenvalue weighted by Gasteiger charge is 2.22. The first-order chi connectivity index (χ1) is 10.8. The smallest absolute Gasteiger partial charge is 0.164 e. The van der Waals surface area contributed by atoms with E-state index in [1.165, 1.54) is 0 Å². The van der Waals surface area contributed by atoms with Crippen molar-refractivity contribution in [3.05, 3.63) is 59.2 Å². The molecule has 0 aliphatic carbocycles. The maximum absolute atomic E-state index is 8.94. The summed E-state index contributed by atoms with van der Waals surface area (Å²) in [4.78, 5) is 0. The molecule has 3 rings (SSSR count). The Morgan fingerprint density at radius 1 is 1.32 bits per heavy atom. The summed E-state index contributed by atoms with van der Waals surface area (Å²) in [5.41, 5.74) is 2.96. The van der Waals surface area contributed by atoms with Crippen molar-refractivity contribution in [3.63, 3.8) is 0 Å². The van der Waals surface area contributed by atoms with Gasteiger partial charge in [0.1, 0.15) is 6.61 Å². The molecule has 0 unspecified atom stereocenters. The molecular weight excluding hydrogens is 276 g/mol. The highest BCUT2D eigenvalue weighted by Crippen LogP contribution is 2.34. The van der Waals surface area contributed by atoms with Crippen molar-refractivity contribution in [2.24, 2.45) is 0 Å². The van der Waals surface area contributed by atoms with Gasteiger partial charge in [-0.25, -0.2) is 0 Å². The van der Waals surface area contributed by atoms with Crippen molar-refractivity contribution in [2.45, 2.75) is 19.0 Å². The van der Waals surface area contributed by atoms with E-state index in [0.717, 1.165) is 35.6 Å². The van der Waals surface area contributed by atoms with Crippen LogP contribution in [0.15, 0.2) is 42.5 Å². The number of nitrogens with one attached hydrogen (secondary N) is 1. The molecular formula is C18H18N2O2. The van der Waals surface area contributed by atoms with Crippen LogP contribution in [0.5, 0.6) is 11.5 Å². The van der Waals surface area contributed by atoms with Gasteiger partial charge in [0, 0.05) is 12.6 Å². The van der Waals surface area contributed by atoms with Gasteiger partial charge >= 0.3 is 0 Å². The van der Waals surface area contributed by atoms with Crippen LogP contribution in [0.25, 0.3) is 0 Å². The van der Waals surface area contributed by atoms with Crippen LogP contribution in [0.1, 0.15) is 16.7 Å². The number of hydrogen-bond acceptors (Lipinski definition) is 4. The van der Waals surface area contributed by atoms with Gasteiger partial charge < -0.3 is 14.8 Å². The minimum Gasteiger partial charge on any atom is -0.493 e. The van der Waals surface area contributed by atoms with Crippen molar-refractivity contribution in [1.29, 1.82) is 5.26 Å². The monoisotopic (exact) mass is 294 g/mol. The summed E-state index contributed by atoms with van der Waals surface area (Å²) in [7, 11) is 1.66. The van der Waals surface area contributed by atoms with Crippen LogP contribution in [-0.2, 0) is 13.0 Å². The Labute approximate surface area is 130 Å². The van der Waals surface area contributed by atoms with Crippen LogP contribution in [0, 0.1) is 11.3 Å². The van der Waals surface area contributed by atoms with Gasteiger partial charge in [-0.15, -0.1) is 0 Å². The molecule has 0 fully saturated rings. The highest BCUT2D eigenvalue weighted by atomic mass is 16.5. The van der Waals surface area contributed by atoms with E-state index in [2.05, 4.69) is 17.5 Å². The van der Waals surface area contributed by atoms with Crippen molar-refractivity contribution in [3.8, 4) is 17.6 Å². The van der Waals surface area contributed by atoms with Crippen molar-refractivity contribution >= 4 is 0 Å². The van der Waals surface area contributed by atoms with E-state index in [1.54, 1.807) is 7.11 Å². The van der Waals surface area contributed by atoms with Crippen molar-refractivity contribution in [1.82, 2.24) is 5.32 Å². The Bertz CT molecular complexity index is 706. The van der Waals surface area contributed by atoms with E-state index in [4.69, 9.17) is 14.7 Å². The highest BCUT2D eigenvalue weighted by molar-refractivity contribution is 5.48. The van der Waals surface area contributed by atoms with Crippen LogP contribution in [-0.4, -0.2) is 19.8 Å². The lowest BCUT2D eigenvalue weighted by Crippen LogP contribution is -2.38. The molecule has 0 radical (unpaired) electrons. The third-order valence-corrected chi connectivity index (χ3v) is 3.83. The van der Waals surface area contributed by atoms with Crippen LogP contribution in [0.3, 0.4) is 0 Å². The molecule has 22 heavy (non-hydrogen) atoms. The summed E-state index contributed by atoms with van der Waals surface area (Å²) in [5.74, 6) is 1.65. The lowest BCUT2D eigenvalue weighted by molar-refractivity contribution is 0.226. The lowest BCUT2D eigenvalue weighted by Gasteiger charge is -2.27. The zero-order valence-electron chi connectivity index (χ0n) is 12.5. The zero-order chi connectivity index (χ0) is 15.4. The molecule has 2 aromatic rings. The molecule has 0 saturated carbocycles. The maximum Gasteiger partial charge on any atom is 0.164 e. The average molecular weight is 294 g/mol. The Kier molecular flexibility index (Phi) is 4.27. The Morgan fingerprint density at radius 3 is 3.00 bits per heavy atom. The van der Waals surface area contributed by atoms with Crippen LogP contribution >= 0.6 is 0 Å². The largest absolute Gasteiger partial charge is 0.493 e. The number of methoxy groups -OCH3 is 1. The van der Waals surface area contributed by atoms with Crippen LogP contribution in [0.2, 0.25) is 0 Å². The van der Waals surface area contributed by atoms with E-state index in [-0.39, 0.29) is 6.04 Å². The number of fused-ring (bicyclic) bond motifs is 1. The lowest BCUT2D eigenvalue weighted by atomic mass is 10.0. The van der Waals surface area contributed by atoms with Gasteiger partial charge in [-0.1, -0.05) is 24.3 Å². The number of nitriles is 1. The van der Waals surface area contributed by atoms with Gasteiger partial charge in [0.15, 0.2) is 11.5 Å². The second-order valence-electron chi connectivity index (χ2n) is 5.35. The third-order valence-electron chi connectivity index (χ3n) is 3.83. The minimum atomic E-state index is 0.255. The molecule has 1 heterocycles. The quantitative estimate of drug-likeness (QED) is 0.942. The molecule has 2 aromatic carbocycles. The van der Waals surface area contributed by atoms with Gasteiger partial charge in [-0.05, 0) is 35.7 Å². The first kappa shape index (κ1) is 14.4. The summed E-state index contributed by atoms with van der Waals surface area (Å²) in [6.45, 7) is 1.34. The first-order valence-electron chi connectivity index (χ1n) is 7.31. The van der Waals surface area contributed by atoms with Crippen LogP contribution < -0.4 is 14.8 Å². The fourth-order valence-electron chi connectivity index (χ4n) is 2.70.